The van der Waals surface area contributed by atoms with E-state index in [1.807, 2.05) is 13.0 Å². The van der Waals surface area contributed by atoms with Crippen LogP contribution in [-0.2, 0) is 11.2 Å². The van der Waals surface area contributed by atoms with Gasteiger partial charge in [0.25, 0.3) is 0 Å². The van der Waals surface area contributed by atoms with Gasteiger partial charge in [-0.3, -0.25) is 4.79 Å². The molecule has 0 saturated carbocycles. The zero-order valence-corrected chi connectivity index (χ0v) is 12.8. The van der Waals surface area contributed by atoms with Gasteiger partial charge in [0.1, 0.15) is 5.78 Å². The van der Waals surface area contributed by atoms with Gasteiger partial charge >= 0.3 is 0 Å². The Balaban J connectivity index is 2.72. The van der Waals surface area contributed by atoms with Crippen LogP contribution in [0.5, 0.6) is 0 Å². The van der Waals surface area contributed by atoms with Gasteiger partial charge in [0.15, 0.2) is 0 Å². The van der Waals surface area contributed by atoms with E-state index >= 15 is 0 Å². The van der Waals surface area contributed by atoms with Crippen molar-refractivity contribution in [3.05, 3.63) is 33.8 Å². The molecular formula is C13H16Br2O. The Morgan fingerprint density at radius 2 is 2.12 bits per heavy atom. The number of benzene rings is 1. The van der Waals surface area contributed by atoms with Crippen molar-refractivity contribution in [3.8, 4) is 0 Å². The second kappa shape index (κ2) is 6.55. The molecule has 1 atom stereocenters. The number of alkyl halides is 1. The number of aryl methyl sites for hydroxylation is 1. The molecular weight excluding hydrogens is 332 g/mol. The quantitative estimate of drug-likeness (QED) is 0.720. The SMILES string of the molecule is CCCC(=O)C(Br)Cc1cc(C)ccc1Br. The molecule has 3 heteroatoms. The molecule has 1 aromatic rings. The van der Waals surface area contributed by atoms with Crippen LogP contribution in [0.1, 0.15) is 30.9 Å². The van der Waals surface area contributed by atoms with E-state index in [2.05, 4.69) is 50.9 Å². The average molecular weight is 348 g/mol. The van der Waals surface area contributed by atoms with E-state index in [4.69, 9.17) is 0 Å². The summed E-state index contributed by atoms with van der Waals surface area (Å²) in [5.41, 5.74) is 2.41. The third kappa shape index (κ3) is 4.02. The van der Waals surface area contributed by atoms with Gasteiger partial charge in [-0.15, -0.1) is 0 Å². The van der Waals surface area contributed by atoms with E-state index in [1.54, 1.807) is 0 Å². The third-order valence-electron chi connectivity index (χ3n) is 2.45. The first-order valence-electron chi connectivity index (χ1n) is 5.46. The zero-order chi connectivity index (χ0) is 12.1. The van der Waals surface area contributed by atoms with Crippen LogP contribution in [-0.4, -0.2) is 10.6 Å². The second-order valence-corrected chi connectivity index (χ2v) is 5.94. The molecule has 16 heavy (non-hydrogen) atoms. The number of hydrogen-bond donors (Lipinski definition) is 0. The van der Waals surface area contributed by atoms with Crippen molar-refractivity contribution in [2.45, 2.75) is 37.9 Å². The molecule has 0 aromatic heterocycles. The highest BCUT2D eigenvalue weighted by Crippen LogP contribution is 2.22. The molecule has 88 valence electrons. The van der Waals surface area contributed by atoms with Crippen molar-refractivity contribution < 1.29 is 4.79 Å². The maximum absolute atomic E-state index is 11.7. The molecule has 0 aliphatic carbocycles. The number of rotatable bonds is 5. The van der Waals surface area contributed by atoms with Crippen LogP contribution >= 0.6 is 31.9 Å². The Morgan fingerprint density at radius 3 is 2.75 bits per heavy atom. The van der Waals surface area contributed by atoms with Gasteiger partial charge in [0, 0.05) is 10.9 Å². The highest BCUT2D eigenvalue weighted by atomic mass is 79.9. The van der Waals surface area contributed by atoms with E-state index in [0.717, 1.165) is 17.3 Å². The molecule has 0 N–H and O–H groups in total. The van der Waals surface area contributed by atoms with Crippen molar-refractivity contribution in [1.82, 2.24) is 0 Å². The smallest absolute Gasteiger partial charge is 0.146 e. The first kappa shape index (κ1) is 13.9. The average Bonchev–Trinajstić information content (AvgIpc) is 2.23. The van der Waals surface area contributed by atoms with Crippen molar-refractivity contribution in [3.63, 3.8) is 0 Å². The number of carbonyl (C=O) groups is 1. The summed E-state index contributed by atoms with van der Waals surface area (Å²) in [6.07, 6.45) is 2.32. The first-order valence-corrected chi connectivity index (χ1v) is 7.17. The van der Waals surface area contributed by atoms with Crippen LogP contribution < -0.4 is 0 Å². The Kier molecular flexibility index (Phi) is 5.70. The summed E-state index contributed by atoms with van der Waals surface area (Å²) in [4.78, 5) is 11.6. The van der Waals surface area contributed by atoms with Crippen LogP contribution in [0, 0.1) is 6.92 Å². The van der Waals surface area contributed by atoms with Crippen molar-refractivity contribution in [1.29, 1.82) is 0 Å². The fourth-order valence-electron chi connectivity index (χ4n) is 1.57. The van der Waals surface area contributed by atoms with Gasteiger partial charge in [-0.2, -0.15) is 0 Å². The molecule has 0 bridgehead atoms. The summed E-state index contributed by atoms with van der Waals surface area (Å²) < 4.78 is 1.08. The molecule has 0 radical (unpaired) electrons. The van der Waals surface area contributed by atoms with E-state index in [1.165, 1.54) is 11.1 Å². The predicted octanol–water partition coefficient (Wildman–Crippen LogP) is 4.43. The number of hydrogen-bond acceptors (Lipinski definition) is 1. The van der Waals surface area contributed by atoms with Crippen LogP contribution in [0.2, 0.25) is 0 Å². The van der Waals surface area contributed by atoms with Crippen molar-refractivity contribution >= 4 is 37.6 Å². The van der Waals surface area contributed by atoms with E-state index in [0.29, 0.717) is 6.42 Å². The number of ketones is 1. The Labute approximate surface area is 114 Å². The lowest BCUT2D eigenvalue weighted by Gasteiger charge is -2.10. The lowest BCUT2D eigenvalue weighted by molar-refractivity contribution is -0.118. The van der Waals surface area contributed by atoms with Gasteiger partial charge in [-0.25, -0.2) is 0 Å². The van der Waals surface area contributed by atoms with E-state index in [-0.39, 0.29) is 10.6 Å². The highest BCUT2D eigenvalue weighted by Gasteiger charge is 2.15. The van der Waals surface area contributed by atoms with Crippen molar-refractivity contribution in [2.75, 3.05) is 0 Å². The van der Waals surface area contributed by atoms with Crippen LogP contribution in [0.15, 0.2) is 22.7 Å². The summed E-state index contributed by atoms with van der Waals surface area (Å²) in [6, 6.07) is 6.22. The van der Waals surface area contributed by atoms with Crippen LogP contribution in [0.3, 0.4) is 0 Å². The third-order valence-corrected chi connectivity index (χ3v) is 4.05. The minimum absolute atomic E-state index is 0.0643. The molecule has 0 aliphatic rings. The van der Waals surface area contributed by atoms with Gasteiger partial charge in [-0.05, 0) is 31.4 Å². The number of Topliss-reactive ketones (excluding diaryl/α,β-unsaturated/α-hetero) is 1. The minimum Gasteiger partial charge on any atom is -0.298 e. The molecule has 0 saturated heterocycles. The summed E-state index contributed by atoms with van der Waals surface area (Å²) in [7, 11) is 0. The monoisotopic (exact) mass is 346 g/mol. The zero-order valence-electron chi connectivity index (χ0n) is 9.59. The molecule has 1 aromatic carbocycles. The predicted molar refractivity (Wildman–Crippen MR) is 75.2 cm³/mol. The second-order valence-electron chi connectivity index (χ2n) is 3.98. The van der Waals surface area contributed by atoms with Gasteiger partial charge in [-0.1, -0.05) is 56.5 Å². The van der Waals surface area contributed by atoms with Gasteiger partial charge < -0.3 is 0 Å². The lowest BCUT2D eigenvalue weighted by atomic mass is 10.0. The first-order chi connectivity index (χ1) is 7.54. The molecule has 0 heterocycles. The van der Waals surface area contributed by atoms with Gasteiger partial charge in [0.2, 0.25) is 0 Å². The van der Waals surface area contributed by atoms with Crippen LogP contribution in [0.25, 0.3) is 0 Å². The molecule has 1 rings (SSSR count). The topological polar surface area (TPSA) is 17.1 Å². The molecule has 0 spiro atoms. The Bertz CT molecular complexity index is 374. The fourth-order valence-corrected chi connectivity index (χ4v) is 2.56. The standard InChI is InChI=1S/C13H16Br2O/c1-3-4-13(16)12(15)8-10-7-9(2)5-6-11(10)14/h5-7,12H,3-4,8H2,1-2H3. The summed E-state index contributed by atoms with van der Waals surface area (Å²) >= 11 is 6.98. The Hall–Kier alpha value is -0.150. The molecule has 0 fully saturated rings. The molecule has 0 aliphatic heterocycles. The summed E-state index contributed by atoms with van der Waals surface area (Å²) in [5, 5.41) is 0. The maximum atomic E-state index is 11.7. The highest BCUT2D eigenvalue weighted by molar-refractivity contribution is 9.10. The molecule has 1 nitrogen and oxygen atoms in total. The number of carbonyl (C=O) groups excluding carboxylic acids is 1. The number of halogens is 2. The molecule has 1 unspecified atom stereocenters. The van der Waals surface area contributed by atoms with E-state index in [9.17, 15) is 4.79 Å². The van der Waals surface area contributed by atoms with Crippen molar-refractivity contribution in [2.24, 2.45) is 0 Å². The fraction of sp³-hybridized carbons (Fsp3) is 0.462. The largest absolute Gasteiger partial charge is 0.298 e. The summed E-state index contributed by atoms with van der Waals surface area (Å²) in [5.74, 6) is 0.288. The molecule has 0 amide bonds. The van der Waals surface area contributed by atoms with Crippen LogP contribution in [0.4, 0.5) is 0 Å². The lowest BCUT2D eigenvalue weighted by Crippen LogP contribution is -2.16. The normalized spacial score (nSPS) is 12.5. The Morgan fingerprint density at radius 1 is 1.44 bits per heavy atom. The summed E-state index contributed by atoms with van der Waals surface area (Å²) in [6.45, 7) is 4.09. The van der Waals surface area contributed by atoms with Gasteiger partial charge in [0.05, 0.1) is 4.83 Å². The van der Waals surface area contributed by atoms with E-state index < -0.39 is 0 Å². The minimum atomic E-state index is -0.0643. The maximum Gasteiger partial charge on any atom is 0.146 e.